The quantitative estimate of drug-likeness (QED) is 0.775. The molecule has 1 unspecified atom stereocenters. The highest BCUT2D eigenvalue weighted by Crippen LogP contribution is 2.24. The van der Waals surface area contributed by atoms with Crippen LogP contribution >= 0.6 is 0 Å². The SMILES string of the molecule is NC1=NC(c2ccccc2)N(CCCOc2ccc(F)c(F)c2)C(N)=N1. The van der Waals surface area contributed by atoms with Gasteiger partial charge in [-0.25, -0.2) is 13.8 Å². The topological polar surface area (TPSA) is 89.2 Å². The van der Waals surface area contributed by atoms with Crippen molar-refractivity contribution in [2.75, 3.05) is 13.2 Å². The van der Waals surface area contributed by atoms with Crippen molar-refractivity contribution in [1.82, 2.24) is 4.90 Å². The minimum Gasteiger partial charge on any atom is -0.493 e. The average molecular weight is 359 g/mol. The molecular weight excluding hydrogens is 340 g/mol. The Balaban J connectivity index is 1.61. The Morgan fingerprint density at radius 1 is 1.04 bits per heavy atom. The molecule has 8 heteroatoms. The number of guanidine groups is 2. The summed E-state index contributed by atoms with van der Waals surface area (Å²) in [7, 11) is 0. The van der Waals surface area contributed by atoms with Gasteiger partial charge in [0.2, 0.25) is 11.9 Å². The molecule has 1 atom stereocenters. The number of nitrogens with zero attached hydrogens (tertiary/aromatic N) is 3. The molecule has 1 aliphatic rings. The molecule has 0 radical (unpaired) electrons. The fraction of sp³-hybridized carbons (Fsp3) is 0.222. The highest BCUT2D eigenvalue weighted by atomic mass is 19.2. The summed E-state index contributed by atoms with van der Waals surface area (Å²) in [5.74, 6) is -1.17. The normalized spacial score (nSPS) is 16.8. The lowest BCUT2D eigenvalue weighted by Gasteiger charge is -2.32. The Labute approximate surface area is 149 Å². The molecule has 1 heterocycles. The summed E-state index contributed by atoms with van der Waals surface area (Å²) in [5.41, 5.74) is 12.7. The number of benzene rings is 2. The molecule has 26 heavy (non-hydrogen) atoms. The van der Waals surface area contributed by atoms with Gasteiger partial charge in [-0.2, -0.15) is 4.99 Å². The third-order valence-corrected chi connectivity index (χ3v) is 3.87. The van der Waals surface area contributed by atoms with Crippen LogP contribution in [-0.4, -0.2) is 30.0 Å². The fourth-order valence-corrected chi connectivity index (χ4v) is 2.64. The first kappa shape index (κ1) is 17.7. The van der Waals surface area contributed by atoms with E-state index >= 15 is 0 Å². The number of hydrogen-bond donors (Lipinski definition) is 2. The molecule has 6 nitrogen and oxygen atoms in total. The second kappa shape index (κ2) is 7.81. The lowest BCUT2D eigenvalue weighted by atomic mass is 10.1. The zero-order valence-electron chi connectivity index (χ0n) is 14.0. The van der Waals surface area contributed by atoms with Crippen LogP contribution in [0.25, 0.3) is 0 Å². The standard InChI is InChI=1S/C18H19F2N5O/c19-14-8-7-13(11-15(14)20)26-10-4-9-25-16(12-5-2-1-3-6-12)23-17(21)24-18(25)22/h1-3,5-8,11,16H,4,9-10H2,(H4,21,22,23,24). The van der Waals surface area contributed by atoms with Crippen LogP contribution < -0.4 is 16.2 Å². The summed E-state index contributed by atoms with van der Waals surface area (Å²) >= 11 is 0. The number of nitrogens with two attached hydrogens (primary N) is 2. The smallest absolute Gasteiger partial charge is 0.220 e. The molecule has 136 valence electrons. The van der Waals surface area contributed by atoms with Crippen molar-refractivity contribution in [2.45, 2.75) is 12.6 Å². The number of ether oxygens (including phenoxy) is 1. The van der Waals surface area contributed by atoms with Crippen LogP contribution in [0, 0.1) is 11.6 Å². The lowest BCUT2D eigenvalue weighted by molar-refractivity contribution is 0.257. The van der Waals surface area contributed by atoms with Gasteiger partial charge in [-0.15, -0.1) is 0 Å². The second-order valence-electron chi connectivity index (χ2n) is 5.71. The maximum atomic E-state index is 13.2. The zero-order chi connectivity index (χ0) is 18.5. The second-order valence-corrected chi connectivity index (χ2v) is 5.71. The van der Waals surface area contributed by atoms with Gasteiger partial charge in [0, 0.05) is 12.6 Å². The third kappa shape index (κ3) is 4.08. The van der Waals surface area contributed by atoms with Crippen molar-refractivity contribution in [1.29, 1.82) is 0 Å². The van der Waals surface area contributed by atoms with E-state index in [0.717, 1.165) is 17.7 Å². The molecule has 0 saturated heterocycles. The Hall–Kier alpha value is -3.16. The molecule has 0 saturated carbocycles. The van der Waals surface area contributed by atoms with E-state index in [1.165, 1.54) is 6.07 Å². The largest absolute Gasteiger partial charge is 0.493 e. The first-order chi connectivity index (χ1) is 12.5. The van der Waals surface area contributed by atoms with Gasteiger partial charge < -0.3 is 21.1 Å². The van der Waals surface area contributed by atoms with Crippen LogP contribution in [0.4, 0.5) is 8.78 Å². The highest BCUT2D eigenvalue weighted by molar-refractivity contribution is 5.95. The molecule has 2 aromatic carbocycles. The van der Waals surface area contributed by atoms with Crippen LogP contribution in [0.15, 0.2) is 58.5 Å². The molecule has 0 aromatic heterocycles. The molecule has 1 aliphatic heterocycles. The van der Waals surface area contributed by atoms with E-state index in [2.05, 4.69) is 9.98 Å². The van der Waals surface area contributed by atoms with Gasteiger partial charge in [-0.05, 0) is 24.1 Å². The first-order valence-corrected chi connectivity index (χ1v) is 8.11. The van der Waals surface area contributed by atoms with Gasteiger partial charge in [-0.3, -0.25) is 0 Å². The van der Waals surface area contributed by atoms with E-state index in [-0.39, 0.29) is 23.8 Å². The molecule has 4 N–H and O–H groups in total. The lowest BCUT2D eigenvalue weighted by Crippen LogP contribution is -2.44. The summed E-state index contributed by atoms with van der Waals surface area (Å²) in [6.07, 6.45) is 0.213. The van der Waals surface area contributed by atoms with Gasteiger partial charge in [0.15, 0.2) is 17.8 Å². The van der Waals surface area contributed by atoms with Crippen molar-refractivity contribution in [3.63, 3.8) is 0 Å². The molecule has 3 rings (SSSR count). The third-order valence-electron chi connectivity index (χ3n) is 3.87. The van der Waals surface area contributed by atoms with Crippen molar-refractivity contribution >= 4 is 11.9 Å². The van der Waals surface area contributed by atoms with Crippen LogP contribution in [-0.2, 0) is 0 Å². The molecule has 0 fully saturated rings. The molecule has 0 bridgehead atoms. The molecule has 0 amide bonds. The average Bonchev–Trinajstić information content (AvgIpc) is 2.63. The number of aliphatic imine (C=N–C) groups is 2. The van der Waals surface area contributed by atoms with Crippen LogP contribution in [0.3, 0.4) is 0 Å². The predicted octanol–water partition coefficient (Wildman–Crippen LogP) is 2.38. The van der Waals surface area contributed by atoms with Crippen molar-refractivity contribution in [3.05, 3.63) is 65.7 Å². The van der Waals surface area contributed by atoms with E-state index in [1.54, 1.807) is 0 Å². The van der Waals surface area contributed by atoms with Crippen molar-refractivity contribution < 1.29 is 13.5 Å². The fourth-order valence-electron chi connectivity index (χ4n) is 2.64. The Morgan fingerprint density at radius 3 is 2.54 bits per heavy atom. The molecule has 0 aliphatic carbocycles. The number of hydrogen-bond acceptors (Lipinski definition) is 6. The Kier molecular flexibility index (Phi) is 5.31. The van der Waals surface area contributed by atoms with E-state index in [1.807, 2.05) is 35.2 Å². The minimum atomic E-state index is -0.941. The van der Waals surface area contributed by atoms with Gasteiger partial charge in [-0.1, -0.05) is 30.3 Å². The van der Waals surface area contributed by atoms with Gasteiger partial charge in [0.1, 0.15) is 5.75 Å². The molecular formula is C18H19F2N5O. The van der Waals surface area contributed by atoms with Gasteiger partial charge >= 0.3 is 0 Å². The summed E-state index contributed by atoms with van der Waals surface area (Å²) < 4.78 is 31.6. The maximum Gasteiger partial charge on any atom is 0.220 e. The highest BCUT2D eigenvalue weighted by Gasteiger charge is 2.25. The first-order valence-electron chi connectivity index (χ1n) is 8.11. The zero-order valence-corrected chi connectivity index (χ0v) is 14.0. The van der Waals surface area contributed by atoms with Crippen LogP contribution in [0.1, 0.15) is 18.2 Å². The molecule has 2 aromatic rings. The van der Waals surface area contributed by atoms with E-state index < -0.39 is 11.6 Å². The summed E-state index contributed by atoms with van der Waals surface area (Å²) in [6, 6.07) is 13.0. The predicted molar refractivity (Wildman–Crippen MR) is 95.6 cm³/mol. The maximum absolute atomic E-state index is 13.2. The summed E-state index contributed by atoms with van der Waals surface area (Å²) in [6.45, 7) is 0.810. The van der Waals surface area contributed by atoms with Crippen LogP contribution in [0.2, 0.25) is 0 Å². The number of rotatable bonds is 6. The van der Waals surface area contributed by atoms with Gasteiger partial charge in [0.25, 0.3) is 0 Å². The monoisotopic (exact) mass is 359 g/mol. The van der Waals surface area contributed by atoms with Crippen LogP contribution in [0.5, 0.6) is 5.75 Å². The minimum absolute atomic E-state index is 0.130. The summed E-state index contributed by atoms with van der Waals surface area (Å²) in [5, 5.41) is 0. The van der Waals surface area contributed by atoms with E-state index in [9.17, 15) is 8.78 Å². The van der Waals surface area contributed by atoms with Gasteiger partial charge in [0.05, 0.1) is 6.61 Å². The Bertz CT molecular complexity index is 826. The van der Waals surface area contributed by atoms with Crippen molar-refractivity contribution in [2.24, 2.45) is 21.5 Å². The van der Waals surface area contributed by atoms with E-state index in [4.69, 9.17) is 16.2 Å². The molecule has 0 spiro atoms. The summed E-state index contributed by atoms with van der Waals surface area (Å²) in [4.78, 5) is 10.2. The van der Waals surface area contributed by atoms with Crippen molar-refractivity contribution in [3.8, 4) is 5.75 Å². The van der Waals surface area contributed by atoms with E-state index in [0.29, 0.717) is 19.6 Å². The Morgan fingerprint density at radius 2 is 1.81 bits per heavy atom. The number of halogens is 2.